The van der Waals surface area contributed by atoms with Crippen LogP contribution < -0.4 is 5.73 Å². The standard InChI is InChI=1S/C13H19NO3/c1-9(2)16-4-5-17-13(15)11-6-10(3)7-12(14)8-11/h6-9H,4-5,14H2,1-3H3. The molecule has 4 heteroatoms. The van der Waals surface area contributed by atoms with E-state index in [1.54, 1.807) is 18.2 Å². The van der Waals surface area contributed by atoms with E-state index >= 15 is 0 Å². The summed E-state index contributed by atoms with van der Waals surface area (Å²) in [7, 11) is 0. The van der Waals surface area contributed by atoms with Gasteiger partial charge in [-0.15, -0.1) is 0 Å². The minimum atomic E-state index is -0.368. The third-order valence-corrected chi connectivity index (χ3v) is 2.10. The predicted molar refractivity (Wildman–Crippen MR) is 67.0 cm³/mol. The molecule has 0 fully saturated rings. The summed E-state index contributed by atoms with van der Waals surface area (Å²) in [5.41, 5.74) is 7.64. The van der Waals surface area contributed by atoms with Crippen molar-refractivity contribution in [1.29, 1.82) is 0 Å². The van der Waals surface area contributed by atoms with Crippen LogP contribution in [-0.2, 0) is 9.47 Å². The zero-order valence-corrected chi connectivity index (χ0v) is 10.5. The smallest absolute Gasteiger partial charge is 0.338 e. The van der Waals surface area contributed by atoms with Crippen LogP contribution in [0.5, 0.6) is 0 Å². The van der Waals surface area contributed by atoms with Gasteiger partial charge in [-0.3, -0.25) is 0 Å². The van der Waals surface area contributed by atoms with Gasteiger partial charge in [0, 0.05) is 5.69 Å². The van der Waals surface area contributed by atoms with Gasteiger partial charge >= 0.3 is 5.97 Å². The number of nitrogens with two attached hydrogens (primary N) is 1. The van der Waals surface area contributed by atoms with Crippen LogP contribution in [0.15, 0.2) is 18.2 Å². The van der Waals surface area contributed by atoms with Crippen LogP contribution in [0, 0.1) is 6.92 Å². The first-order valence-corrected chi connectivity index (χ1v) is 5.65. The van der Waals surface area contributed by atoms with E-state index in [9.17, 15) is 4.79 Å². The molecule has 0 heterocycles. The number of rotatable bonds is 5. The number of benzene rings is 1. The van der Waals surface area contributed by atoms with Gasteiger partial charge in [0.15, 0.2) is 0 Å². The monoisotopic (exact) mass is 237 g/mol. The quantitative estimate of drug-likeness (QED) is 0.484. The molecule has 0 aromatic heterocycles. The van der Waals surface area contributed by atoms with Crippen molar-refractivity contribution < 1.29 is 14.3 Å². The molecule has 0 aliphatic carbocycles. The second-order valence-electron chi connectivity index (χ2n) is 4.19. The van der Waals surface area contributed by atoms with E-state index in [0.717, 1.165) is 5.56 Å². The summed E-state index contributed by atoms with van der Waals surface area (Å²) in [5, 5.41) is 0. The van der Waals surface area contributed by atoms with E-state index in [1.165, 1.54) is 0 Å². The molecule has 0 aliphatic heterocycles. The Bertz CT molecular complexity index is 368. The summed E-state index contributed by atoms with van der Waals surface area (Å²) in [5.74, 6) is -0.368. The Balaban J connectivity index is 2.47. The molecule has 0 spiro atoms. The molecule has 0 radical (unpaired) electrons. The number of aryl methyl sites for hydroxylation is 1. The summed E-state index contributed by atoms with van der Waals surface area (Å²) >= 11 is 0. The first-order chi connectivity index (χ1) is 7.99. The average Bonchev–Trinajstić information content (AvgIpc) is 2.22. The highest BCUT2D eigenvalue weighted by atomic mass is 16.6. The van der Waals surface area contributed by atoms with Gasteiger partial charge in [-0.25, -0.2) is 4.79 Å². The number of esters is 1. The summed E-state index contributed by atoms with van der Waals surface area (Å²) in [6, 6.07) is 5.17. The zero-order valence-electron chi connectivity index (χ0n) is 10.5. The molecule has 0 amide bonds. The third-order valence-electron chi connectivity index (χ3n) is 2.10. The maximum atomic E-state index is 11.7. The van der Waals surface area contributed by atoms with Gasteiger partial charge in [0.25, 0.3) is 0 Å². The van der Waals surface area contributed by atoms with Crippen molar-refractivity contribution in [1.82, 2.24) is 0 Å². The van der Waals surface area contributed by atoms with E-state index < -0.39 is 0 Å². The lowest BCUT2D eigenvalue weighted by Crippen LogP contribution is -2.13. The number of hydrogen-bond acceptors (Lipinski definition) is 4. The van der Waals surface area contributed by atoms with E-state index in [-0.39, 0.29) is 18.7 Å². The molecule has 1 aromatic carbocycles. The van der Waals surface area contributed by atoms with Gasteiger partial charge in [-0.1, -0.05) is 0 Å². The highest BCUT2D eigenvalue weighted by Gasteiger charge is 2.08. The second-order valence-corrected chi connectivity index (χ2v) is 4.19. The maximum Gasteiger partial charge on any atom is 0.338 e. The van der Waals surface area contributed by atoms with Crippen LogP contribution in [-0.4, -0.2) is 25.3 Å². The molecule has 1 aromatic rings. The van der Waals surface area contributed by atoms with E-state index in [0.29, 0.717) is 17.9 Å². The number of carbonyl (C=O) groups is 1. The van der Waals surface area contributed by atoms with E-state index in [4.69, 9.17) is 15.2 Å². The van der Waals surface area contributed by atoms with Gasteiger partial charge in [-0.05, 0) is 44.5 Å². The Morgan fingerprint density at radius 3 is 2.59 bits per heavy atom. The van der Waals surface area contributed by atoms with Crippen molar-refractivity contribution in [3.63, 3.8) is 0 Å². The molecule has 0 saturated heterocycles. The molecular formula is C13H19NO3. The molecule has 17 heavy (non-hydrogen) atoms. The Kier molecular flexibility index (Phi) is 4.97. The van der Waals surface area contributed by atoms with Crippen LogP contribution in [0.2, 0.25) is 0 Å². The molecule has 2 N–H and O–H groups in total. The van der Waals surface area contributed by atoms with Gasteiger partial charge < -0.3 is 15.2 Å². The van der Waals surface area contributed by atoms with Crippen molar-refractivity contribution in [2.24, 2.45) is 0 Å². The zero-order chi connectivity index (χ0) is 12.8. The highest BCUT2D eigenvalue weighted by Crippen LogP contribution is 2.12. The SMILES string of the molecule is Cc1cc(N)cc(C(=O)OCCOC(C)C)c1. The molecule has 4 nitrogen and oxygen atoms in total. The summed E-state index contributed by atoms with van der Waals surface area (Å²) < 4.78 is 10.3. The molecule has 0 atom stereocenters. The summed E-state index contributed by atoms with van der Waals surface area (Å²) in [6.45, 7) is 6.41. The fraction of sp³-hybridized carbons (Fsp3) is 0.462. The normalized spacial score (nSPS) is 10.6. The molecule has 0 bridgehead atoms. The van der Waals surface area contributed by atoms with Crippen LogP contribution >= 0.6 is 0 Å². The topological polar surface area (TPSA) is 61.6 Å². The minimum absolute atomic E-state index is 0.142. The highest BCUT2D eigenvalue weighted by molar-refractivity contribution is 5.90. The fourth-order valence-electron chi connectivity index (χ4n) is 1.43. The molecule has 94 valence electrons. The number of nitrogen functional groups attached to an aromatic ring is 1. The Hall–Kier alpha value is -1.55. The van der Waals surface area contributed by atoms with Crippen molar-refractivity contribution in [2.75, 3.05) is 18.9 Å². The molecule has 0 aliphatic rings. The van der Waals surface area contributed by atoms with Gasteiger partial charge in [-0.2, -0.15) is 0 Å². The predicted octanol–water partition coefficient (Wildman–Crippen LogP) is 2.16. The number of hydrogen-bond donors (Lipinski definition) is 1. The van der Waals surface area contributed by atoms with Crippen LogP contribution in [0.1, 0.15) is 29.8 Å². The van der Waals surface area contributed by atoms with Crippen LogP contribution in [0.25, 0.3) is 0 Å². The number of ether oxygens (including phenoxy) is 2. The van der Waals surface area contributed by atoms with E-state index in [1.807, 2.05) is 20.8 Å². The minimum Gasteiger partial charge on any atom is -0.460 e. The lowest BCUT2D eigenvalue weighted by Gasteiger charge is -2.09. The van der Waals surface area contributed by atoms with Crippen molar-refractivity contribution in [2.45, 2.75) is 26.9 Å². The Morgan fingerprint density at radius 1 is 1.29 bits per heavy atom. The van der Waals surface area contributed by atoms with Gasteiger partial charge in [0.2, 0.25) is 0 Å². The van der Waals surface area contributed by atoms with Crippen molar-refractivity contribution >= 4 is 11.7 Å². The third kappa shape index (κ3) is 4.87. The van der Waals surface area contributed by atoms with Crippen molar-refractivity contribution in [3.05, 3.63) is 29.3 Å². The lowest BCUT2D eigenvalue weighted by atomic mass is 10.1. The summed E-state index contributed by atoms with van der Waals surface area (Å²) in [6.07, 6.45) is 0.142. The average molecular weight is 237 g/mol. The molecule has 0 unspecified atom stereocenters. The first kappa shape index (κ1) is 13.5. The van der Waals surface area contributed by atoms with Crippen LogP contribution in [0.3, 0.4) is 0 Å². The Labute approximate surface area is 102 Å². The largest absolute Gasteiger partial charge is 0.460 e. The van der Waals surface area contributed by atoms with Crippen LogP contribution in [0.4, 0.5) is 5.69 Å². The summed E-state index contributed by atoms with van der Waals surface area (Å²) in [4.78, 5) is 11.7. The molecular weight excluding hydrogens is 218 g/mol. The fourth-order valence-corrected chi connectivity index (χ4v) is 1.43. The number of carbonyl (C=O) groups excluding carboxylic acids is 1. The second kappa shape index (κ2) is 6.25. The van der Waals surface area contributed by atoms with Gasteiger partial charge in [0.05, 0.1) is 18.3 Å². The first-order valence-electron chi connectivity index (χ1n) is 5.65. The Morgan fingerprint density at radius 2 is 2.00 bits per heavy atom. The van der Waals surface area contributed by atoms with E-state index in [2.05, 4.69) is 0 Å². The lowest BCUT2D eigenvalue weighted by molar-refractivity contribution is 0.0177. The maximum absolute atomic E-state index is 11.7. The molecule has 0 saturated carbocycles. The number of anilines is 1. The molecule has 1 rings (SSSR count). The van der Waals surface area contributed by atoms with Gasteiger partial charge in [0.1, 0.15) is 6.61 Å². The van der Waals surface area contributed by atoms with Crippen molar-refractivity contribution in [3.8, 4) is 0 Å².